The number of benzene rings is 2. The first-order valence-corrected chi connectivity index (χ1v) is 8.62. The van der Waals surface area contributed by atoms with Gasteiger partial charge in [-0.15, -0.1) is 0 Å². The zero-order valence-electron chi connectivity index (χ0n) is 14.3. The number of hydrogen-bond donors (Lipinski definition) is 1. The molecule has 0 spiro atoms. The van der Waals surface area contributed by atoms with Gasteiger partial charge in [-0.3, -0.25) is 4.79 Å². The SMILES string of the molecule is Cc1c(C(=O)Nc2cc3c(cc2Cl)OCCO3)cnn1-c1ccc(F)cc1. The number of amides is 1. The van der Waals surface area contributed by atoms with Gasteiger partial charge in [0.15, 0.2) is 11.5 Å². The second kappa shape index (κ2) is 6.92. The number of anilines is 1. The molecule has 0 saturated carbocycles. The van der Waals surface area contributed by atoms with Crippen molar-refractivity contribution in [1.82, 2.24) is 9.78 Å². The number of aromatic nitrogens is 2. The fourth-order valence-electron chi connectivity index (χ4n) is 2.82. The third kappa shape index (κ3) is 3.33. The van der Waals surface area contributed by atoms with Gasteiger partial charge in [0.2, 0.25) is 0 Å². The molecule has 1 aliphatic rings. The number of nitrogens with zero attached hydrogens (tertiary/aromatic N) is 2. The Morgan fingerprint density at radius 2 is 1.85 bits per heavy atom. The number of carbonyl (C=O) groups excluding carboxylic acids is 1. The predicted octanol–water partition coefficient (Wildman–Crippen LogP) is 4.00. The van der Waals surface area contributed by atoms with E-state index in [1.165, 1.54) is 18.3 Å². The summed E-state index contributed by atoms with van der Waals surface area (Å²) in [5, 5.41) is 7.34. The summed E-state index contributed by atoms with van der Waals surface area (Å²) in [4.78, 5) is 12.7. The molecule has 4 rings (SSSR count). The van der Waals surface area contributed by atoms with Gasteiger partial charge in [0.05, 0.1) is 33.9 Å². The zero-order chi connectivity index (χ0) is 19.0. The molecule has 27 heavy (non-hydrogen) atoms. The van der Waals surface area contributed by atoms with Crippen molar-refractivity contribution in [2.24, 2.45) is 0 Å². The lowest BCUT2D eigenvalue weighted by molar-refractivity contribution is 0.102. The summed E-state index contributed by atoms with van der Waals surface area (Å²) in [6, 6.07) is 9.11. The summed E-state index contributed by atoms with van der Waals surface area (Å²) in [6.07, 6.45) is 1.46. The van der Waals surface area contributed by atoms with Crippen LogP contribution in [-0.4, -0.2) is 28.9 Å². The van der Waals surface area contributed by atoms with Crippen LogP contribution in [0.25, 0.3) is 5.69 Å². The van der Waals surface area contributed by atoms with E-state index in [9.17, 15) is 9.18 Å². The van der Waals surface area contributed by atoms with Gasteiger partial charge in [-0.25, -0.2) is 9.07 Å². The lowest BCUT2D eigenvalue weighted by atomic mass is 10.2. The minimum absolute atomic E-state index is 0.338. The van der Waals surface area contributed by atoms with Crippen LogP contribution in [0, 0.1) is 12.7 Å². The largest absolute Gasteiger partial charge is 0.486 e. The maximum Gasteiger partial charge on any atom is 0.259 e. The minimum atomic E-state index is -0.362. The standard InChI is InChI=1S/C19H15ClFN3O3/c1-11-14(10-22-24(11)13-4-2-12(21)3-5-13)19(25)23-16-9-18-17(8-15(16)20)26-6-7-27-18/h2-5,8-10H,6-7H2,1H3,(H,23,25). The summed E-state index contributed by atoms with van der Waals surface area (Å²) in [6.45, 7) is 2.65. The normalized spacial score (nSPS) is 12.7. The summed E-state index contributed by atoms with van der Waals surface area (Å²) in [7, 11) is 0. The van der Waals surface area contributed by atoms with Gasteiger partial charge in [-0.1, -0.05) is 11.6 Å². The molecule has 0 radical (unpaired) electrons. The van der Waals surface area contributed by atoms with Crippen LogP contribution in [0.1, 0.15) is 16.1 Å². The van der Waals surface area contributed by atoms with Crippen LogP contribution >= 0.6 is 11.6 Å². The maximum absolute atomic E-state index is 13.1. The van der Waals surface area contributed by atoms with Crippen LogP contribution in [0.5, 0.6) is 11.5 Å². The molecule has 3 aromatic rings. The second-order valence-corrected chi connectivity index (χ2v) is 6.37. The van der Waals surface area contributed by atoms with E-state index in [-0.39, 0.29) is 11.7 Å². The number of ether oxygens (including phenoxy) is 2. The number of carbonyl (C=O) groups is 1. The van der Waals surface area contributed by atoms with Crippen LogP contribution in [0.15, 0.2) is 42.6 Å². The number of nitrogens with one attached hydrogen (secondary N) is 1. The molecule has 6 nitrogen and oxygen atoms in total. The van der Waals surface area contributed by atoms with E-state index in [0.29, 0.717) is 52.4 Å². The Morgan fingerprint density at radius 1 is 1.19 bits per heavy atom. The van der Waals surface area contributed by atoms with Crippen molar-refractivity contribution >= 4 is 23.2 Å². The fourth-order valence-corrected chi connectivity index (χ4v) is 3.03. The number of halogens is 2. The maximum atomic E-state index is 13.1. The molecule has 0 aliphatic carbocycles. The van der Waals surface area contributed by atoms with Crippen molar-refractivity contribution < 1.29 is 18.7 Å². The first kappa shape index (κ1) is 17.4. The van der Waals surface area contributed by atoms with Crippen molar-refractivity contribution in [3.05, 3.63) is 64.7 Å². The fraction of sp³-hybridized carbons (Fsp3) is 0.158. The summed E-state index contributed by atoms with van der Waals surface area (Å²) in [5.41, 5.74) is 2.07. The number of hydrogen-bond acceptors (Lipinski definition) is 4. The van der Waals surface area contributed by atoms with Crippen LogP contribution < -0.4 is 14.8 Å². The van der Waals surface area contributed by atoms with Crippen molar-refractivity contribution in [2.75, 3.05) is 18.5 Å². The van der Waals surface area contributed by atoms with Crippen molar-refractivity contribution in [3.63, 3.8) is 0 Å². The second-order valence-electron chi connectivity index (χ2n) is 5.96. The zero-order valence-corrected chi connectivity index (χ0v) is 15.1. The Balaban J connectivity index is 1.60. The first-order valence-electron chi connectivity index (χ1n) is 8.24. The number of fused-ring (bicyclic) bond motifs is 1. The topological polar surface area (TPSA) is 65.4 Å². The van der Waals surface area contributed by atoms with Gasteiger partial charge in [0.25, 0.3) is 5.91 Å². The molecule has 1 aliphatic heterocycles. The summed E-state index contributed by atoms with van der Waals surface area (Å²) < 4.78 is 25.7. The third-order valence-electron chi connectivity index (χ3n) is 4.21. The third-order valence-corrected chi connectivity index (χ3v) is 4.52. The minimum Gasteiger partial charge on any atom is -0.486 e. The highest BCUT2D eigenvalue weighted by Gasteiger charge is 2.19. The van der Waals surface area contributed by atoms with E-state index in [1.807, 2.05) is 0 Å². The number of rotatable bonds is 3. The van der Waals surface area contributed by atoms with Gasteiger partial charge in [0.1, 0.15) is 19.0 Å². The monoisotopic (exact) mass is 387 g/mol. The average molecular weight is 388 g/mol. The lowest BCUT2D eigenvalue weighted by Crippen LogP contribution is -2.17. The molecule has 0 unspecified atom stereocenters. The van der Waals surface area contributed by atoms with Crippen molar-refractivity contribution in [1.29, 1.82) is 0 Å². The van der Waals surface area contributed by atoms with E-state index >= 15 is 0 Å². The molecule has 0 bridgehead atoms. The van der Waals surface area contributed by atoms with Gasteiger partial charge in [-0.2, -0.15) is 5.10 Å². The molecule has 0 atom stereocenters. The molecule has 1 N–H and O–H groups in total. The summed E-state index contributed by atoms with van der Waals surface area (Å²) >= 11 is 6.24. The van der Waals surface area contributed by atoms with Gasteiger partial charge in [0, 0.05) is 12.1 Å². The Hall–Kier alpha value is -3.06. The Labute approximate surface area is 159 Å². The summed E-state index contributed by atoms with van der Waals surface area (Å²) in [5.74, 6) is 0.374. The quantitative estimate of drug-likeness (QED) is 0.737. The molecule has 1 amide bonds. The van der Waals surface area contributed by atoms with E-state index in [4.69, 9.17) is 21.1 Å². The molecular weight excluding hydrogens is 373 g/mol. The van der Waals surface area contributed by atoms with Crippen molar-refractivity contribution in [2.45, 2.75) is 6.92 Å². The molecular formula is C19H15ClFN3O3. The molecule has 2 aromatic carbocycles. The Bertz CT molecular complexity index is 1020. The highest BCUT2D eigenvalue weighted by atomic mass is 35.5. The molecule has 1 aromatic heterocycles. The van der Waals surface area contributed by atoms with Gasteiger partial charge in [-0.05, 0) is 31.2 Å². The van der Waals surface area contributed by atoms with E-state index < -0.39 is 0 Å². The molecule has 138 valence electrons. The lowest BCUT2D eigenvalue weighted by Gasteiger charge is -2.20. The van der Waals surface area contributed by atoms with Crippen LogP contribution in [0.3, 0.4) is 0 Å². The Morgan fingerprint density at radius 3 is 2.56 bits per heavy atom. The van der Waals surface area contributed by atoms with E-state index in [2.05, 4.69) is 10.4 Å². The highest BCUT2D eigenvalue weighted by Crippen LogP contribution is 2.38. The van der Waals surface area contributed by atoms with Crippen molar-refractivity contribution in [3.8, 4) is 17.2 Å². The van der Waals surface area contributed by atoms with Crippen LogP contribution in [0.4, 0.5) is 10.1 Å². The average Bonchev–Trinajstić information content (AvgIpc) is 3.04. The van der Waals surface area contributed by atoms with Gasteiger partial charge >= 0.3 is 0 Å². The predicted molar refractivity (Wildman–Crippen MR) is 98.7 cm³/mol. The van der Waals surface area contributed by atoms with Crippen LogP contribution in [0.2, 0.25) is 5.02 Å². The van der Waals surface area contributed by atoms with E-state index in [0.717, 1.165) is 0 Å². The van der Waals surface area contributed by atoms with Gasteiger partial charge < -0.3 is 14.8 Å². The van der Waals surface area contributed by atoms with E-state index in [1.54, 1.807) is 35.9 Å². The molecule has 0 fully saturated rings. The Kier molecular flexibility index (Phi) is 4.45. The molecule has 8 heteroatoms. The van der Waals surface area contributed by atoms with Crippen LogP contribution in [-0.2, 0) is 0 Å². The highest BCUT2D eigenvalue weighted by molar-refractivity contribution is 6.34. The molecule has 0 saturated heterocycles. The smallest absolute Gasteiger partial charge is 0.259 e. The molecule has 2 heterocycles. The first-order chi connectivity index (χ1) is 13.0.